The molecule has 4 rings (SSSR count). The van der Waals surface area contributed by atoms with E-state index >= 15 is 0 Å². The molecule has 2 aromatic rings. The van der Waals surface area contributed by atoms with Gasteiger partial charge >= 0.3 is 0 Å². The normalized spacial score (nSPS) is 21.8. The molecule has 1 saturated carbocycles. The van der Waals surface area contributed by atoms with E-state index in [-0.39, 0.29) is 6.04 Å². The fourth-order valence-electron chi connectivity index (χ4n) is 4.65. The van der Waals surface area contributed by atoms with Crippen LogP contribution < -0.4 is 0 Å². The summed E-state index contributed by atoms with van der Waals surface area (Å²) in [6.45, 7) is 4.77. The minimum atomic E-state index is -3.32. The van der Waals surface area contributed by atoms with Crippen molar-refractivity contribution in [3.05, 3.63) is 42.4 Å². The Bertz CT molecular complexity index is 899. The molecule has 0 N–H and O–H groups in total. The molecule has 5 nitrogen and oxygen atoms in total. The molecule has 0 radical (unpaired) electrons. The average molecular weight is 402 g/mol. The summed E-state index contributed by atoms with van der Waals surface area (Å²) in [4.78, 5) is 4.95. The Labute approximate surface area is 168 Å². The monoisotopic (exact) mass is 401 g/mol. The van der Waals surface area contributed by atoms with Gasteiger partial charge in [-0.25, -0.2) is 13.4 Å². The van der Waals surface area contributed by atoms with Gasteiger partial charge < -0.3 is 4.57 Å². The lowest BCUT2D eigenvalue weighted by molar-refractivity contribution is 0.199. The quantitative estimate of drug-likeness (QED) is 0.735. The molecule has 152 valence electrons. The van der Waals surface area contributed by atoms with Gasteiger partial charge in [-0.1, -0.05) is 62.4 Å². The summed E-state index contributed by atoms with van der Waals surface area (Å²) < 4.78 is 30.2. The lowest BCUT2D eigenvalue weighted by Gasteiger charge is -2.38. The SMILES string of the molecule is CC(C)S(=O)(=O)N1CCn2cc(-c3ccccc3)nc2[C@@H]1CC1CCCCC1. The second-order valence-electron chi connectivity index (χ2n) is 8.50. The first-order valence-electron chi connectivity index (χ1n) is 10.6. The Morgan fingerprint density at radius 3 is 2.46 bits per heavy atom. The molecule has 1 atom stereocenters. The van der Waals surface area contributed by atoms with Gasteiger partial charge in [0.1, 0.15) is 5.82 Å². The first-order chi connectivity index (χ1) is 13.5. The highest BCUT2D eigenvalue weighted by Crippen LogP contribution is 2.39. The number of rotatable bonds is 5. The highest BCUT2D eigenvalue weighted by atomic mass is 32.2. The van der Waals surface area contributed by atoms with Crippen LogP contribution in [0.4, 0.5) is 0 Å². The number of sulfonamides is 1. The van der Waals surface area contributed by atoms with Crippen LogP contribution in [0.25, 0.3) is 11.3 Å². The molecule has 1 fully saturated rings. The summed E-state index contributed by atoms with van der Waals surface area (Å²) in [5.74, 6) is 1.51. The zero-order chi connectivity index (χ0) is 19.7. The van der Waals surface area contributed by atoms with Crippen molar-refractivity contribution >= 4 is 10.0 Å². The third kappa shape index (κ3) is 3.77. The molecule has 6 heteroatoms. The molecule has 2 heterocycles. The maximum absolute atomic E-state index is 13.1. The number of hydrogen-bond acceptors (Lipinski definition) is 3. The Morgan fingerprint density at radius 1 is 1.07 bits per heavy atom. The van der Waals surface area contributed by atoms with E-state index in [0.29, 0.717) is 19.0 Å². The molecule has 1 aromatic heterocycles. The van der Waals surface area contributed by atoms with Crippen molar-refractivity contribution in [1.29, 1.82) is 0 Å². The maximum atomic E-state index is 13.1. The second kappa shape index (κ2) is 7.99. The van der Waals surface area contributed by atoms with Crippen molar-refractivity contribution in [3.63, 3.8) is 0 Å². The van der Waals surface area contributed by atoms with Gasteiger partial charge in [-0.05, 0) is 26.2 Å². The fourth-order valence-corrected chi connectivity index (χ4v) is 6.06. The van der Waals surface area contributed by atoms with Crippen LogP contribution in [0.2, 0.25) is 0 Å². The van der Waals surface area contributed by atoms with Crippen LogP contribution in [0.15, 0.2) is 36.5 Å². The zero-order valence-electron chi connectivity index (χ0n) is 16.9. The topological polar surface area (TPSA) is 55.2 Å². The van der Waals surface area contributed by atoms with Crippen LogP contribution in [0.3, 0.4) is 0 Å². The van der Waals surface area contributed by atoms with Gasteiger partial charge in [0.15, 0.2) is 0 Å². The first kappa shape index (κ1) is 19.6. The van der Waals surface area contributed by atoms with E-state index < -0.39 is 15.3 Å². The van der Waals surface area contributed by atoms with Crippen LogP contribution in [0.5, 0.6) is 0 Å². The van der Waals surface area contributed by atoms with Gasteiger partial charge in [0.05, 0.1) is 17.0 Å². The van der Waals surface area contributed by atoms with Crippen LogP contribution in [0, 0.1) is 5.92 Å². The summed E-state index contributed by atoms with van der Waals surface area (Å²) in [7, 11) is -3.32. The van der Waals surface area contributed by atoms with Crippen molar-refractivity contribution in [2.45, 2.75) is 70.2 Å². The minimum absolute atomic E-state index is 0.151. The summed E-state index contributed by atoms with van der Waals surface area (Å²) >= 11 is 0. The number of hydrogen-bond donors (Lipinski definition) is 0. The van der Waals surface area contributed by atoms with Gasteiger partial charge in [0.2, 0.25) is 10.0 Å². The molecule has 28 heavy (non-hydrogen) atoms. The summed E-state index contributed by atoms with van der Waals surface area (Å²) in [6, 6.07) is 10.0. The maximum Gasteiger partial charge on any atom is 0.217 e. The summed E-state index contributed by atoms with van der Waals surface area (Å²) in [5, 5.41) is -0.406. The number of imidazole rings is 1. The van der Waals surface area contributed by atoms with Crippen molar-refractivity contribution in [1.82, 2.24) is 13.9 Å². The molecule has 1 aliphatic heterocycles. The van der Waals surface area contributed by atoms with Crippen molar-refractivity contribution in [2.75, 3.05) is 6.54 Å². The Morgan fingerprint density at radius 2 is 1.79 bits per heavy atom. The van der Waals surface area contributed by atoms with Gasteiger partial charge in [0.25, 0.3) is 0 Å². The van der Waals surface area contributed by atoms with Gasteiger partial charge in [-0.15, -0.1) is 0 Å². The van der Waals surface area contributed by atoms with E-state index in [9.17, 15) is 8.42 Å². The molecule has 0 unspecified atom stereocenters. The highest BCUT2D eigenvalue weighted by Gasteiger charge is 2.39. The van der Waals surface area contributed by atoms with Gasteiger partial charge in [-0.3, -0.25) is 0 Å². The molecule has 0 spiro atoms. The Hall–Kier alpha value is -1.66. The van der Waals surface area contributed by atoms with Crippen molar-refractivity contribution in [2.24, 2.45) is 5.92 Å². The molecule has 2 aliphatic rings. The number of nitrogens with zero attached hydrogens (tertiary/aromatic N) is 3. The predicted octanol–water partition coefficient (Wildman–Crippen LogP) is 4.62. The lowest BCUT2D eigenvalue weighted by Crippen LogP contribution is -2.45. The molecular formula is C22H31N3O2S. The number of aromatic nitrogens is 2. The Kier molecular flexibility index (Phi) is 5.61. The van der Waals surface area contributed by atoms with Crippen LogP contribution in [-0.4, -0.2) is 34.1 Å². The van der Waals surface area contributed by atoms with Crippen LogP contribution in [-0.2, 0) is 16.6 Å². The smallest absolute Gasteiger partial charge is 0.217 e. The molecule has 1 aliphatic carbocycles. The molecule has 1 aromatic carbocycles. The summed E-state index contributed by atoms with van der Waals surface area (Å²) in [6.07, 6.45) is 9.23. The highest BCUT2D eigenvalue weighted by molar-refractivity contribution is 7.89. The van der Waals surface area contributed by atoms with E-state index in [1.807, 2.05) is 18.2 Å². The van der Waals surface area contributed by atoms with Gasteiger partial charge in [0, 0.05) is 24.8 Å². The van der Waals surface area contributed by atoms with E-state index in [1.165, 1.54) is 32.1 Å². The molecule has 0 saturated heterocycles. The van der Waals surface area contributed by atoms with E-state index in [1.54, 1.807) is 18.2 Å². The summed E-state index contributed by atoms with van der Waals surface area (Å²) in [5.41, 5.74) is 2.02. The third-order valence-corrected chi connectivity index (χ3v) is 8.57. The molecule has 0 amide bonds. The average Bonchev–Trinajstić information content (AvgIpc) is 3.14. The number of benzene rings is 1. The Balaban J connectivity index is 1.71. The number of fused-ring (bicyclic) bond motifs is 1. The van der Waals surface area contributed by atoms with E-state index in [4.69, 9.17) is 4.98 Å². The third-order valence-electron chi connectivity index (χ3n) is 6.29. The predicted molar refractivity (Wildman–Crippen MR) is 112 cm³/mol. The standard InChI is InChI=1S/C22H31N3O2S/c1-17(2)28(26,27)25-14-13-24-16-20(19-11-7-4-8-12-19)23-22(24)21(25)15-18-9-5-3-6-10-18/h4,7-8,11-12,16-18,21H,3,5-6,9-10,13-15H2,1-2H3/t21-/m0/s1. The van der Waals surface area contributed by atoms with Crippen molar-refractivity contribution < 1.29 is 8.42 Å². The van der Waals surface area contributed by atoms with Crippen molar-refractivity contribution in [3.8, 4) is 11.3 Å². The van der Waals surface area contributed by atoms with E-state index in [2.05, 4.69) is 22.9 Å². The lowest BCUT2D eigenvalue weighted by atomic mass is 9.84. The minimum Gasteiger partial charge on any atom is -0.332 e. The van der Waals surface area contributed by atoms with Gasteiger partial charge in [-0.2, -0.15) is 4.31 Å². The fraction of sp³-hybridized carbons (Fsp3) is 0.591. The molecule has 0 bridgehead atoms. The van der Waals surface area contributed by atoms with Crippen LogP contribution >= 0.6 is 0 Å². The molecular weight excluding hydrogens is 370 g/mol. The second-order valence-corrected chi connectivity index (χ2v) is 10.9. The first-order valence-corrected chi connectivity index (χ1v) is 12.1. The van der Waals surface area contributed by atoms with Crippen LogP contribution in [0.1, 0.15) is 64.2 Å². The largest absolute Gasteiger partial charge is 0.332 e. The zero-order valence-corrected chi connectivity index (χ0v) is 17.7. The van der Waals surface area contributed by atoms with E-state index in [0.717, 1.165) is 23.5 Å².